The van der Waals surface area contributed by atoms with E-state index in [4.69, 9.17) is 4.52 Å². The Labute approximate surface area is 205 Å². The van der Waals surface area contributed by atoms with Gasteiger partial charge in [0.25, 0.3) is 15.9 Å². The fraction of sp³-hybridized carbons (Fsp3) is 0.542. The Kier molecular flexibility index (Phi) is 7.07. The van der Waals surface area contributed by atoms with E-state index >= 15 is 0 Å². The van der Waals surface area contributed by atoms with Crippen molar-refractivity contribution in [2.24, 2.45) is 9.81 Å². The lowest BCUT2D eigenvalue weighted by molar-refractivity contribution is -0.124. The molecule has 0 saturated heterocycles. The minimum atomic E-state index is -3.83. The van der Waals surface area contributed by atoms with Gasteiger partial charge in [0.05, 0.1) is 6.04 Å². The van der Waals surface area contributed by atoms with Crippen LogP contribution in [0.1, 0.15) is 81.4 Å². The number of benzene rings is 1. The van der Waals surface area contributed by atoms with E-state index in [1.54, 1.807) is 25.1 Å². The monoisotopic (exact) mass is 501 g/mol. The van der Waals surface area contributed by atoms with Gasteiger partial charge in [-0.3, -0.25) is 9.59 Å². The van der Waals surface area contributed by atoms with Crippen LogP contribution in [0.5, 0.6) is 0 Å². The molecule has 188 valence electrons. The Bertz CT molecular complexity index is 1250. The number of amides is 1. The van der Waals surface area contributed by atoms with E-state index in [9.17, 15) is 18.0 Å². The molecule has 2 atom stereocenters. The molecule has 1 aliphatic carbocycles. The van der Waals surface area contributed by atoms with Crippen LogP contribution in [0.15, 0.2) is 38.1 Å². The zero-order valence-electron chi connectivity index (χ0n) is 20.2. The minimum Gasteiger partial charge on any atom is -0.357 e. The van der Waals surface area contributed by atoms with Crippen molar-refractivity contribution in [3.05, 3.63) is 41.5 Å². The highest BCUT2D eigenvalue weighted by molar-refractivity contribution is 7.90. The molecule has 0 spiro atoms. The Morgan fingerprint density at radius 1 is 1.14 bits per heavy atom. The predicted molar refractivity (Wildman–Crippen MR) is 129 cm³/mol. The average molecular weight is 502 g/mol. The van der Waals surface area contributed by atoms with Crippen LogP contribution in [0.4, 0.5) is 0 Å². The number of nitrogens with one attached hydrogen (secondary N) is 2. The summed E-state index contributed by atoms with van der Waals surface area (Å²) in [5.74, 6) is -0.432. The third-order valence-electron chi connectivity index (χ3n) is 6.80. The quantitative estimate of drug-likeness (QED) is 0.499. The molecule has 2 heterocycles. The van der Waals surface area contributed by atoms with Crippen LogP contribution >= 0.6 is 0 Å². The van der Waals surface area contributed by atoms with Gasteiger partial charge in [-0.2, -0.15) is 13.4 Å². The van der Waals surface area contributed by atoms with Crippen LogP contribution in [0.2, 0.25) is 0 Å². The molecular weight excluding hydrogens is 470 g/mol. The number of rotatable bonds is 9. The smallest absolute Gasteiger partial charge is 0.296 e. The largest absolute Gasteiger partial charge is 0.357 e. The molecule has 10 nitrogen and oxygen atoms in total. The highest BCUT2D eigenvalue weighted by atomic mass is 32.2. The lowest BCUT2D eigenvalue weighted by Crippen LogP contribution is -2.52. The van der Waals surface area contributed by atoms with Gasteiger partial charge in [0.15, 0.2) is 5.82 Å². The molecule has 1 saturated carbocycles. The van der Waals surface area contributed by atoms with Gasteiger partial charge in [-0.1, -0.05) is 50.9 Å². The second-order valence-electron chi connectivity index (χ2n) is 9.53. The van der Waals surface area contributed by atoms with E-state index in [0.717, 1.165) is 25.7 Å². The van der Waals surface area contributed by atoms with Gasteiger partial charge in [0, 0.05) is 12.0 Å². The van der Waals surface area contributed by atoms with Crippen LogP contribution in [0.3, 0.4) is 0 Å². The summed E-state index contributed by atoms with van der Waals surface area (Å²) < 4.78 is 34.0. The van der Waals surface area contributed by atoms with Crippen molar-refractivity contribution >= 4 is 27.5 Å². The molecule has 1 aliphatic heterocycles. The van der Waals surface area contributed by atoms with Crippen molar-refractivity contribution in [3.8, 4) is 0 Å². The van der Waals surface area contributed by atoms with Crippen LogP contribution in [-0.4, -0.2) is 48.2 Å². The van der Waals surface area contributed by atoms with Gasteiger partial charge in [-0.15, -0.1) is 4.40 Å². The number of nitrogens with zero attached hydrogens (tertiary/aromatic N) is 3. The van der Waals surface area contributed by atoms with Crippen molar-refractivity contribution in [2.45, 2.75) is 82.7 Å². The van der Waals surface area contributed by atoms with Crippen molar-refractivity contribution in [3.63, 3.8) is 0 Å². The average Bonchev–Trinajstić information content (AvgIpc) is 3.55. The summed E-state index contributed by atoms with van der Waals surface area (Å²) in [7, 11) is -3.83. The molecule has 0 bridgehead atoms. The Morgan fingerprint density at radius 2 is 1.86 bits per heavy atom. The van der Waals surface area contributed by atoms with Crippen LogP contribution < -0.4 is 10.6 Å². The fourth-order valence-corrected chi connectivity index (χ4v) is 5.96. The maximum atomic E-state index is 13.5. The summed E-state index contributed by atoms with van der Waals surface area (Å²) in [6.07, 6.45) is 5.43. The number of hydrogen-bond donors (Lipinski definition) is 2. The van der Waals surface area contributed by atoms with Gasteiger partial charge in [0.2, 0.25) is 11.7 Å². The highest BCUT2D eigenvalue weighted by Gasteiger charge is 2.38. The summed E-state index contributed by atoms with van der Waals surface area (Å²) in [5, 5.41) is 9.68. The first-order valence-corrected chi connectivity index (χ1v) is 13.5. The first-order chi connectivity index (χ1) is 16.7. The van der Waals surface area contributed by atoms with E-state index in [1.807, 2.05) is 6.92 Å². The zero-order chi connectivity index (χ0) is 25.2. The summed E-state index contributed by atoms with van der Waals surface area (Å²) in [5.41, 5.74) is 0.351. The maximum absolute atomic E-state index is 13.5. The zero-order valence-corrected chi connectivity index (χ0v) is 21.0. The number of sulfonamides is 1. The normalized spacial score (nSPS) is 19.5. The lowest BCUT2D eigenvalue weighted by Gasteiger charge is -2.30. The van der Waals surface area contributed by atoms with Crippen molar-refractivity contribution in [2.75, 3.05) is 0 Å². The molecule has 1 fully saturated rings. The SMILES string of the molecule is CCc1noc(C(=O)[C@H](CC)NC(=O)[C@H](CC2(C)CCCC2)NC2=NS(=O)(=O)c3ccccc32)n1. The minimum absolute atomic E-state index is 0.0825. The lowest BCUT2D eigenvalue weighted by atomic mass is 9.81. The summed E-state index contributed by atoms with van der Waals surface area (Å²) >= 11 is 0. The number of amidine groups is 1. The predicted octanol–water partition coefficient (Wildman–Crippen LogP) is 2.79. The number of aromatic nitrogens is 2. The maximum Gasteiger partial charge on any atom is 0.296 e. The molecule has 1 aromatic heterocycles. The summed E-state index contributed by atoms with van der Waals surface area (Å²) in [4.78, 5) is 30.6. The number of Topliss-reactive ketones (excluding diaryl/α,β-unsaturated/α-hetero) is 1. The third-order valence-corrected chi connectivity index (χ3v) is 8.14. The van der Waals surface area contributed by atoms with Gasteiger partial charge < -0.3 is 15.2 Å². The first-order valence-electron chi connectivity index (χ1n) is 12.0. The van der Waals surface area contributed by atoms with Crippen molar-refractivity contribution in [1.82, 2.24) is 20.8 Å². The molecule has 1 aromatic carbocycles. The van der Waals surface area contributed by atoms with E-state index in [0.29, 0.717) is 30.7 Å². The number of ketones is 1. The van der Waals surface area contributed by atoms with Crippen LogP contribution in [-0.2, 0) is 21.2 Å². The van der Waals surface area contributed by atoms with Crippen molar-refractivity contribution in [1.29, 1.82) is 0 Å². The van der Waals surface area contributed by atoms with Gasteiger partial charge in [0.1, 0.15) is 16.8 Å². The molecule has 2 aromatic rings. The van der Waals surface area contributed by atoms with Gasteiger partial charge in [-0.05, 0) is 43.2 Å². The molecule has 0 radical (unpaired) electrons. The van der Waals surface area contributed by atoms with Crippen LogP contribution in [0, 0.1) is 5.41 Å². The molecule has 2 N–H and O–H groups in total. The number of carbonyl (C=O) groups is 2. The number of fused-ring (bicyclic) bond motifs is 1. The Hall–Kier alpha value is -3.08. The second-order valence-corrected chi connectivity index (χ2v) is 11.1. The number of hydrogen-bond acceptors (Lipinski definition) is 8. The van der Waals surface area contributed by atoms with Gasteiger partial charge in [-0.25, -0.2) is 0 Å². The highest BCUT2D eigenvalue weighted by Crippen LogP contribution is 2.41. The van der Waals surface area contributed by atoms with E-state index in [1.165, 1.54) is 6.07 Å². The number of aryl methyl sites for hydroxylation is 1. The summed E-state index contributed by atoms with van der Waals surface area (Å²) in [6, 6.07) is 4.89. The molecule has 2 aliphatic rings. The third kappa shape index (κ3) is 5.29. The molecule has 35 heavy (non-hydrogen) atoms. The molecule has 4 rings (SSSR count). The van der Waals surface area contributed by atoms with Crippen molar-refractivity contribution < 1.29 is 22.5 Å². The Balaban J connectivity index is 1.57. The standard InChI is InChI=1S/C24H31N5O5S/c1-4-16(20(30)23-27-19(5-2)28-34-23)26-22(31)17(14-24(3)12-8-9-13-24)25-21-15-10-6-7-11-18(15)35(32,33)29-21/h6-7,10-11,16-17H,4-5,8-9,12-14H2,1-3H3,(H,25,29)(H,26,31)/t16-,17-/m0/s1. The fourth-order valence-electron chi connectivity index (χ4n) is 4.78. The molecule has 0 unspecified atom stereocenters. The topological polar surface area (TPSA) is 144 Å². The molecule has 11 heteroatoms. The summed E-state index contributed by atoms with van der Waals surface area (Å²) in [6.45, 7) is 5.77. The Morgan fingerprint density at radius 3 is 2.51 bits per heavy atom. The van der Waals surface area contributed by atoms with Crippen LogP contribution in [0.25, 0.3) is 0 Å². The van der Waals surface area contributed by atoms with E-state index in [2.05, 4.69) is 32.1 Å². The first kappa shape index (κ1) is 25.0. The molecule has 1 amide bonds. The van der Waals surface area contributed by atoms with E-state index in [-0.39, 0.29) is 22.0 Å². The van der Waals surface area contributed by atoms with Gasteiger partial charge >= 0.3 is 0 Å². The van der Waals surface area contributed by atoms with E-state index < -0.39 is 33.8 Å². The molecular formula is C24H31N5O5S. The number of carbonyl (C=O) groups excluding carboxylic acids is 2. The second kappa shape index (κ2) is 9.88.